The SMILES string of the molecule is [2H]OC(=O)c1cc(F)ccc1C. The molecule has 0 saturated heterocycles. The van der Waals surface area contributed by atoms with Crippen molar-refractivity contribution in [1.29, 1.82) is 1.43 Å². The Morgan fingerprint density at radius 2 is 2.45 bits per heavy atom. The number of hydrogen-bond donors (Lipinski definition) is 1. The maximum absolute atomic E-state index is 12.6. The average molecular weight is 155 g/mol. The lowest BCUT2D eigenvalue weighted by molar-refractivity contribution is 0.0695. The van der Waals surface area contributed by atoms with Gasteiger partial charge in [-0.1, -0.05) is 6.07 Å². The number of halogens is 1. The second kappa shape index (κ2) is 2.70. The number of aromatic carboxylic acids is 1. The number of benzene rings is 1. The summed E-state index contributed by atoms with van der Waals surface area (Å²) in [7, 11) is 0. The Morgan fingerprint density at radius 1 is 1.73 bits per heavy atom. The molecule has 58 valence electrons. The van der Waals surface area contributed by atoms with Crippen molar-refractivity contribution in [1.82, 2.24) is 0 Å². The van der Waals surface area contributed by atoms with E-state index in [4.69, 9.17) is 1.43 Å². The normalized spacial score (nSPS) is 10.5. The third-order valence-corrected chi connectivity index (χ3v) is 1.42. The van der Waals surface area contributed by atoms with Gasteiger partial charge < -0.3 is 5.11 Å². The third kappa shape index (κ3) is 1.55. The van der Waals surface area contributed by atoms with Crippen LogP contribution in [0.5, 0.6) is 0 Å². The zero-order valence-electron chi connectivity index (χ0n) is 6.93. The molecule has 0 bridgehead atoms. The Labute approximate surface area is 64.8 Å². The second-order valence-electron chi connectivity index (χ2n) is 2.25. The third-order valence-electron chi connectivity index (χ3n) is 1.42. The van der Waals surface area contributed by atoms with Gasteiger partial charge in [0.05, 0.1) is 5.56 Å². The lowest BCUT2D eigenvalue weighted by atomic mass is 10.1. The van der Waals surface area contributed by atoms with Crippen molar-refractivity contribution in [3.63, 3.8) is 0 Å². The number of aryl methyl sites for hydroxylation is 1. The molecule has 0 spiro atoms. The van der Waals surface area contributed by atoms with Crippen molar-refractivity contribution >= 4 is 5.97 Å². The van der Waals surface area contributed by atoms with Gasteiger partial charge in [0.15, 0.2) is 0 Å². The molecule has 1 aromatic rings. The summed E-state index contributed by atoms with van der Waals surface area (Å²) in [5.41, 5.74) is 0.679. The quantitative estimate of drug-likeness (QED) is 0.671. The van der Waals surface area contributed by atoms with Gasteiger partial charge in [-0.05, 0) is 24.6 Å². The summed E-state index contributed by atoms with van der Waals surface area (Å²) in [6.45, 7) is 1.64. The highest BCUT2D eigenvalue weighted by atomic mass is 19.1. The zero-order valence-corrected chi connectivity index (χ0v) is 5.93. The Morgan fingerprint density at radius 3 is 3.09 bits per heavy atom. The first-order chi connectivity index (χ1) is 5.65. The van der Waals surface area contributed by atoms with Crippen LogP contribution in [0.3, 0.4) is 0 Å². The summed E-state index contributed by atoms with van der Waals surface area (Å²) in [4.78, 5) is 10.8. The van der Waals surface area contributed by atoms with Crippen LogP contribution in [0.25, 0.3) is 1.43 Å². The van der Waals surface area contributed by atoms with E-state index in [0.717, 1.165) is 6.07 Å². The Balaban J connectivity index is 3.13. The van der Waals surface area contributed by atoms with E-state index >= 15 is 0 Å². The average Bonchev–Trinajstić information content (AvgIpc) is 2.08. The fourth-order valence-electron chi connectivity index (χ4n) is 0.814. The van der Waals surface area contributed by atoms with Crippen molar-refractivity contribution in [2.75, 3.05) is 0 Å². The molecule has 0 aliphatic rings. The smallest absolute Gasteiger partial charge is 0.336 e. The van der Waals surface area contributed by atoms with Crippen molar-refractivity contribution in [2.24, 2.45) is 0 Å². The molecule has 3 heteroatoms. The van der Waals surface area contributed by atoms with E-state index in [9.17, 15) is 9.18 Å². The molecule has 0 aliphatic heterocycles. The first kappa shape index (κ1) is 6.34. The minimum atomic E-state index is -0.841. The van der Waals surface area contributed by atoms with Crippen LogP contribution in [0.1, 0.15) is 15.9 Å². The topological polar surface area (TPSA) is 37.3 Å². The van der Waals surface area contributed by atoms with Crippen molar-refractivity contribution in [3.05, 3.63) is 35.1 Å². The molecule has 0 atom stereocenters. The molecule has 2 nitrogen and oxygen atoms in total. The number of carboxylic acid groups (broad SMARTS) is 1. The maximum atomic E-state index is 12.6. The lowest BCUT2D eigenvalue weighted by Crippen LogP contribution is -1.99. The highest BCUT2D eigenvalue weighted by Gasteiger charge is 2.06. The van der Waals surface area contributed by atoms with Crippen LogP contribution >= 0.6 is 0 Å². The molecule has 1 rings (SSSR count). The molecule has 0 saturated carbocycles. The van der Waals surface area contributed by atoms with E-state index in [2.05, 4.69) is 5.11 Å². The second-order valence-corrected chi connectivity index (χ2v) is 2.25. The molecule has 1 N–H and O–H groups in total. The van der Waals surface area contributed by atoms with Gasteiger partial charge in [-0.25, -0.2) is 9.18 Å². The summed E-state index contributed by atoms with van der Waals surface area (Å²) in [6.07, 6.45) is 0. The molecular weight excluding hydrogens is 147 g/mol. The predicted octanol–water partition coefficient (Wildman–Crippen LogP) is 1.83. The maximum Gasteiger partial charge on any atom is 0.336 e. The summed E-state index contributed by atoms with van der Waals surface area (Å²) in [5, 5.41) is 3.72. The van der Waals surface area contributed by atoms with Crippen LogP contribution in [-0.2, 0) is 0 Å². The van der Waals surface area contributed by atoms with E-state index in [0.29, 0.717) is 5.56 Å². The van der Waals surface area contributed by atoms with Crippen LogP contribution in [-0.4, -0.2) is 11.1 Å². The van der Waals surface area contributed by atoms with Crippen LogP contribution in [0, 0.1) is 12.7 Å². The molecule has 0 heterocycles. The molecule has 0 amide bonds. The lowest BCUT2D eigenvalue weighted by Gasteiger charge is -1.98. The van der Waals surface area contributed by atoms with Gasteiger partial charge in [0, 0.05) is 0 Å². The van der Waals surface area contributed by atoms with E-state index in [1.54, 1.807) is 6.92 Å². The summed E-state index contributed by atoms with van der Waals surface area (Å²) in [6, 6.07) is 3.75. The monoisotopic (exact) mass is 155 g/mol. The van der Waals surface area contributed by atoms with Crippen LogP contribution in [0.4, 0.5) is 4.39 Å². The van der Waals surface area contributed by atoms with Crippen molar-refractivity contribution in [3.8, 4) is 0 Å². The van der Waals surface area contributed by atoms with E-state index < -0.39 is 11.8 Å². The van der Waals surface area contributed by atoms with Gasteiger partial charge >= 0.3 is 5.97 Å². The van der Waals surface area contributed by atoms with Crippen LogP contribution < -0.4 is 0 Å². The molecule has 1 aromatic carbocycles. The van der Waals surface area contributed by atoms with Gasteiger partial charge in [0.25, 0.3) is 1.43 Å². The van der Waals surface area contributed by atoms with Gasteiger partial charge in [0.2, 0.25) is 0 Å². The summed E-state index contributed by atoms with van der Waals surface area (Å²) < 4.78 is 18.9. The molecule has 11 heavy (non-hydrogen) atoms. The fraction of sp³-hybridized carbons (Fsp3) is 0.125. The van der Waals surface area contributed by atoms with Gasteiger partial charge in [0.1, 0.15) is 5.82 Å². The first-order valence-electron chi connectivity index (χ1n) is 3.49. The standard InChI is InChI=1S/C8H7FO2/c1-5-2-3-6(9)4-7(5)8(10)11/h2-4H,1H3,(H,10,11)/i/hD. The minimum absolute atomic E-state index is 0.0880. The number of rotatable bonds is 1. The van der Waals surface area contributed by atoms with Gasteiger partial charge in [-0.3, -0.25) is 0 Å². The highest BCUT2D eigenvalue weighted by Crippen LogP contribution is 2.09. The molecule has 0 radical (unpaired) electrons. The summed E-state index contributed by atoms with van der Waals surface area (Å²) >= 11 is 0. The molecular formula is C8H7FO2. The first-order valence-corrected chi connectivity index (χ1v) is 3.09. The zero-order chi connectivity index (χ0) is 9.14. The summed E-state index contributed by atoms with van der Waals surface area (Å²) in [5.74, 6) is -1.35. The molecule has 0 unspecified atom stereocenters. The number of carbonyl (C=O) groups is 1. The van der Waals surface area contributed by atoms with Crippen molar-refractivity contribution in [2.45, 2.75) is 6.92 Å². The van der Waals surface area contributed by atoms with E-state index in [1.165, 1.54) is 12.1 Å². The molecule has 0 aliphatic carbocycles. The predicted molar refractivity (Wildman–Crippen MR) is 38.1 cm³/mol. The van der Waals surface area contributed by atoms with E-state index in [1.807, 2.05) is 0 Å². The van der Waals surface area contributed by atoms with Crippen LogP contribution in [0.2, 0.25) is 0 Å². The van der Waals surface area contributed by atoms with E-state index in [-0.39, 0.29) is 5.56 Å². The largest absolute Gasteiger partial charge is 0.478 e. The van der Waals surface area contributed by atoms with Gasteiger partial charge in [-0.2, -0.15) is 0 Å². The highest BCUT2D eigenvalue weighted by molar-refractivity contribution is 5.89. The Kier molecular flexibility index (Phi) is 1.55. The van der Waals surface area contributed by atoms with Gasteiger partial charge in [-0.15, -0.1) is 0 Å². The number of hydrogen-bond acceptors (Lipinski definition) is 2. The Hall–Kier alpha value is -1.38. The Bertz CT molecular complexity index is 312. The molecule has 0 aromatic heterocycles. The minimum Gasteiger partial charge on any atom is -0.478 e. The fourth-order valence-corrected chi connectivity index (χ4v) is 0.814. The van der Waals surface area contributed by atoms with Crippen molar-refractivity contribution < 1.29 is 14.3 Å². The van der Waals surface area contributed by atoms with Crippen LogP contribution in [0.15, 0.2) is 18.2 Å². The number of carboxylic acids is 1. The molecule has 0 fully saturated rings.